The molecule has 1 aromatic rings. The van der Waals surface area contributed by atoms with E-state index in [1.54, 1.807) is 0 Å². The monoisotopic (exact) mass is 374 g/mol. The van der Waals surface area contributed by atoms with Crippen molar-refractivity contribution < 1.29 is 23.6 Å². The van der Waals surface area contributed by atoms with Crippen LogP contribution in [0.15, 0.2) is 12.1 Å². The highest BCUT2D eigenvalue weighted by molar-refractivity contribution is 6.23. The van der Waals surface area contributed by atoms with Crippen LogP contribution in [0.25, 0.3) is 0 Å². The average Bonchev–Trinajstić information content (AvgIpc) is 2.87. The quantitative estimate of drug-likeness (QED) is 0.661. The third-order valence-electron chi connectivity index (χ3n) is 5.23. The van der Waals surface area contributed by atoms with Crippen LogP contribution >= 0.6 is 0 Å². The number of piperidine rings is 2. The second kappa shape index (κ2) is 6.73. The highest BCUT2D eigenvalue weighted by Crippen LogP contribution is 2.31. The molecular formula is C18H19FN4O4. The minimum Gasteiger partial charge on any atom is -0.380 e. The Balaban J connectivity index is 1.61. The molecule has 3 aliphatic rings. The molecule has 4 rings (SSSR count). The van der Waals surface area contributed by atoms with Crippen LogP contribution in [-0.2, 0) is 9.59 Å². The summed E-state index contributed by atoms with van der Waals surface area (Å²) in [6.07, 6.45) is 1.76. The number of carbonyl (C=O) groups excluding carboxylic acids is 4. The number of benzene rings is 1. The van der Waals surface area contributed by atoms with Crippen molar-refractivity contribution in [2.45, 2.75) is 37.8 Å². The van der Waals surface area contributed by atoms with E-state index in [2.05, 4.69) is 16.0 Å². The summed E-state index contributed by atoms with van der Waals surface area (Å²) in [5.41, 5.74) is 0.188. The molecule has 1 atom stereocenters. The minimum absolute atomic E-state index is 0.0424. The molecule has 0 bridgehead atoms. The molecule has 8 nitrogen and oxygen atoms in total. The fourth-order valence-electron chi connectivity index (χ4n) is 3.79. The smallest absolute Gasteiger partial charge is 0.262 e. The first kappa shape index (κ1) is 17.6. The zero-order valence-electron chi connectivity index (χ0n) is 14.5. The van der Waals surface area contributed by atoms with E-state index in [0.717, 1.165) is 36.9 Å². The maximum atomic E-state index is 14.5. The molecule has 0 radical (unpaired) electrons. The van der Waals surface area contributed by atoms with Crippen LogP contribution in [0, 0.1) is 5.82 Å². The molecule has 2 saturated heterocycles. The normalized spacial score (nSPS) is 23.4. The van der Waals surface area contributed by atoms with Gasteiger partial charge >= 0.3 is 0 Å². The Morgan fingerprint density at radius 2 is 1.67 bits per heavy atom. The Hall–Kier alpha value is -2.81. The molecule has 1 unspecified atom stereocenters. The van der Waals surface area contributed by atoms with Crippen molar-refractivity contribution in [2.24, 2.45) is 0 Å². The second-order valence-corrected chi connectivity index (χ2v) is 6.99. The van der Waals surface area contributed by atoms with Crippen LogP contribution in [0.4, 0.5) is 10.1 Å². The maximum absolute atomic E-state index is 14.5. The van der Waals surface area contributed by atoms with Crippen LogP contribution in [0.3, 0.4) is 0 Å². The van der Waals surface area contributed by atoms with Gasteiger partial charge in [-0.1, -0.05) is 0 Å². The van der Waals surface area contributed by atoms with Gasteiger partial charge in [0, 0.05) is 12.5 Å². The largest absolute Gasteiger partial charge is 0.380 e. The van der Waals surface area contributed by atoms with Crippen molar-refractivity contribution in [1.82, 2.24) is 15.5 Å². The van der Waals surface area contributed by atoms with Crippen molar-refractivity contribution in [3.05, 3.63) is 29.1 Å². The number of rotatable bonds is 3. The van der Waals surface area contributed by atoms with Gasteiger partial charge in [-0.3, -0.25) is 29.4 Å². The van der Waals surface area contributed by atoms with E-state index < -0.39 is 35.5 Å². The second-order valence-electron chi connectivity index (χ2n) is 6.99. The first-order chi connectivity index (χ1) is 13.0. The molecule has 3 heterocycles. The Kier molecular flexibility index (Phi) is 4.39. The molecule has 2 fully saturated rings. The first-order valence-electron chi connectivity index (χ1n) is 8.98. The van der Waals surface area contributed by atoms with E-state index in [1.165, 1.54) is 6.07 Å². The van der Waals surface area contributed by atoms with Gasteiger partial charge in [0.25, 0.3) is 11.8 Å². The number of anilines is 1. The Bertz CT molecular complexity index is 850. The third kappa shape index (κ3) is 3.08. The summed E-state index contributed by atoms with van der Waals surface area (Å²) < 4.78 is 14.5. The Labute approximate surface area is 154 Å². The summed E-state index contributed by atoms with van der Waals surface area (Å²) in [5, 5.41) is 8.45. The molecule has 0 spiro atoms. The molecule has 3 N–H and O–H groups in total. The molecule has 27 heavy (non-hydrogen) atoms. The van der Waals surface area contributed by atoms with Gasteiger partial charge in [0.15, 0.2) is 0 Å². The molecule has 0 aromatic heterocycles. The van der Waals surface area contributed by atoms with Crippen LogP contribution in [0.1, 0.15) is 46.4 Å². The van der Waals surface area contributed by atoms with Gasteiger partial charge < -0.3 is 10.6 Å². The van der Waals surface area contributed by atoms with Gasteiger partial charge in [-0.2, -0.15) is 0 Å². The number of imide groups is 2. The number of nitrogens with zero attached hydrogens (tertiary/aromatic N) is 1. The van der Waals surface area contributed by atoms with Crippen LogP contribution in [0.2, 0.25) is 0 Å². The molecular weight excluding hydrogens is 355 g/mol. The highest BCUT2D eigenvalue weighted by atomic mass is 19.1. The molecule has 1 aromatic carbocycles. The molecule has 9 heteroatoms. The number of hydrogen-bond donors (Lipinski definition) is 3. The minimum atomic E-state index is -1.06. The van der Waals surface area contributed by atoms with Gasteiger partial charge in [-0.25, -0.2) is 4.39 Å². The number of halogens is 1. The lowest BCUT2D eigenvalue weighted by Crippen LogP contribution is -2.54. The number of nitrogens with one attached hydrogen (secondary N) is 3. The summed E-state index contributed by atoms with van der Waals surface area (Å²) in [6.45, 7) is 1.65. The predicted molar refractivity (Wildman–Crippen MR) is 92.6 cm³/mol. The van der Waals surface area contributed by atoms with Crippen LogP contribution in [0.5, 0.6) is 0 Å². The van der Waals surface area contributed by atoms with Crippen molar-refractivity contribution in [2.75, 3.05) is 18.4 Å². The van der Waals surface area contributed by atoms with Gasteiger partial charge in [0.05, 0.1) is 16.8 Å². The fourth-order valence-corrected chi connectivity index (χ4v) is 3.79. The molecule has 4 amide bonds. The molecule has 3 aliphatic heterocycles. The Morgan fingerprint density at radius 1 is 1.00 bits per heavy atom. The van der Waals surface area contributed by atoms with E-state index in [0.29, 0.717) is 0 Å². The summed E-state index contributed by atoms with van der Waals surface area (Å²) in [7, 11) is 0. The van der Waals surface area contributed by atoms with Crippen molar-refractivity contribution in [3.63, 3.8) is 0 Å². The average molecular weight is 374 g/mol. The SMILES string of the molecule is O=C1CCC(N2C(=O)c3cc(F)c(NC4CCNCC4)cc3C2=O)C(=O)N1. The van der Waals surface area contributed by atoms with Crippen molar-refractivity contribution in [1.29, 1.82) is 0 Å². The summed E-state index contributed by atoms with van der Waals surface area (Å²) in [5.74, 6) is -3.09. The Morgan fingerprint density at radius 3 is 2.33 bits per heavy atom. The lowest BCUT2D eigenvalue weighted by atomic mass is 10.0. The number of carbonyl (C=O) groups is 4. The van der Waals surface area contributed by atoms with Crippen molar-refractivity contribution in [3.8, 4) is 0 Å². The molecule has 142 valence electrons. The highest BCUT2D eigenvalue weighted by Gasteiger charge is 2.45. The predicted octanol–water partition coefficient (Wildman–Crippen LogP) is 0.391. The molecule has 0 aliphatic carbocycles. The van der Waals surface area contributed by atoms with Crippen LogP contribution < -0.4 is 16.0 Å². The molecule has 0 saturated carbocycles. The zero-order valence-corrected chi connectivity index (χ0v) is 14.5. The van der Waals surface area contributed by atoms with Crippen LogP contribution in [-0.4, -0.2) is 53.7 Å². The maximum Gasteiger partial charge on any atom is 0.262 e. The van der Waals surface area contributed by atoms with Gasteiger partial charge in [0.2, 0.25) is 11.8 Å². The van der Waals surface area contributed by atoms with E-state index in [-0.39, 0.29) is 35.7 Å². The summed E-state index contributed by atoms with van der Waals surface area (Å²) in [4.78, 5) is 49.6. The van der Waals surface area contributed by atoms with Crippen molar-refractivity contribution >= 4 is 29.3 Å². The first-order valence-corrected chi connectivity index (χ1v) is 8.98. The van der Waals surface area contributed by atoms with Gasteiger partial charge in [-0.15, -0.1) is 0 Å². The van der Waals surface area contributed by atoms with E-state index in [1.807, 2.05) is 0 Å². The van der Waals surface area contributed by atoms with Gasteiger partial charge in [-0.05, 0) is 44.5 Å². The third-order valence-corrected chi connectivity index (χ3v) is 5.23. The zero-order chi connectivity index (χ0) is 19.1. The fraction of sp³-hybridized carbons (Fsp3) is 0.444. The number of fused-ring (bicyclic) bond motifs is 1. The van der Waals surface area contributed by atoms with E-state index in [9.17, 15) is 23.6 Å². The lowest BCUT2D eigenvalue weighted by Gasteiger charge is -2.27. The topological polar surface area (TPSA) is 108 Å². The van der Waals surface area contributed by atoms with E-state index in [4.69, 9.17) is 0 Å². The van der Waals surface area contributed by atoms with Gasteiger partial charge in [0.1, 0.15) is 11.9 Å². The number of amides is 4. The number of hydrogen-bond acceptors (Lipinski definition) is 6. The summed E-state index contributed by atoms with van der Waals surface area (Å²) >= 11 is 0. The lowest BCUT2D eigenvalue weighted by molar-refractivity contribution is -0.136. The standard InChI is InChI=1S/C18H19FN4O4/c19-12-7-10-11(8-13(12)21-9-3-5-20-6-4-9)18(27)23(17(10)26)14-1-2-15(24)22-16(14)25/h7-9,14,20-21H,1-6H2,(H,22,24,25). The van der Waals surface area contributed by atoms with E-state index >= 15 is 0 Å². The summed E-state index contributed by atoms with van der Waals surface area (Å²) in [6, 6.07) is 1.42.